The first-order valence-corrected chi connectivity index (χ1v) is 25.7. The van der Waals surface area contributed by atoms with Gasteiger partial charge in [0.05, 0.1) is 0 Å². The molecule has 0 fully saturated rings. The Labute approximate surface area is 267 Å². The van der Waals surface area contributed by atoms with Crippen molar-refractivity contribution < 1.29 is 0 Å². The highest BCUT2D eigenvalue weighted by Gasteiger charge is 2.42. The van der Waals surface area contributed by atoms with E-state index in [1.165, 1.54) is 31.8 Å². The van der Waals surface area contributed by atoms with E-state index in [9.17, 15) is 0 Å². The Bertz CT molecular complexity index is 1610. The van der Waals surface area contributed by atoms with E-state index in [4.69, 9.17) is 8.82 Å². The molecule has 0 N–H and O–H groups in total. The Balaban J connectivity index is 2.16. The molecule has 0 heterocycles. The molecule has 0 amide bonds. The largest absolute Gasteiger partial charge is 0.325 e. The molecule has 0 aromatic heterocycles. The van der Waals surface area contributed by atoms with Crippen LogP contribution in [0.1, 0.15) is 5.56 Å². The van der Waals surface area contributed by atoms with Gasteiger partial charge >= 0.3 is 0 Å². The third-order valence-electron chi connectivity index (χ3n) is 7.18. The van der Waals surface area contributed by atoms with Gasteiger partial charge in [-0.3, -0.25) is 0 Å². The fourth-order valence-electron chi connectivity index (χ4n) is 5.73. The first-order chi connectivity index (χ1) is 21.0. The maximum Gasteiger partial charge on any atom is 0.171 e. The van der Waals surface area contributed by atoms with Crippen molar-refractivity contribution in [2.45, 2.75) is 39.3 Å². The van der Waals surface area contributed by atoms with E-state index >= 15 is 0 Å². The molecule has 5 rings (SSSR count). The average molecular weight is 647 g/mol. The lowest BCUT2D eigenvalue weighted by Crippen LogP contribution is -2.29. The smallest absolute Gasteiger partial charge is 0.171 e. The second-order valence-corrected chi connectivity index (χ2v) is 29.3. The second-order valence-electron chi connectivity index (χ2n) is 13.1. The standard InChI is InChI=1S/C38H44N2P2Si2/c1-43(2,3)39-41(34-24-14-8-15-25-34,35-26-16-9-17-27-35)38(32-33-22-12-7-13-23-33)42(40-44(4,5)6,36-28-18-10-19-29-36)37-30-20-11-21-31-37/h7-32H,1-6H3. The Hall–Kier alpha value is -3.27. The SMILES string of the molecule is C[Si](C)(C)N=P(C(=Cc1ccccc1)P(=N[Si](C)(C)C)(c1ccccc1)c1ccccc1)(c1ccccc1)c1ccccc1. The van der Waals surface area contributed by atoms with Crippen molar-refractivity contribution in [3.8, 4) is 0 Å². The molecule has 0 spiro atoms. The molecular weight excluding hydrogens is 603 g/mol. The van der Waals surface area contributed by atoms with Crippen molar-refractivity contribution >= 4 is 57.9 Å². The van der Waals surface area contributed by atoms with Crippen molar-refractivity contribution in [1.29, 1.82) is 0 Å². The van der Waals surface area contributed by atoms with Gasteiger partial charge in [0, 0.05) is 19.2 Å². The predicted octanol–water partition coefficient (Wildman–Crippen LogP) is 10.4. The molecule has 0 aliphatic carbocycles. The first-order valence-electron chi connectivity index (χ1n) is 15.3. The van der Waals surface area contributed by atoms with Crippen LogP contribution < -0.4 is 21.2 Å². The van der Waals surface area contributed by atoms with Gasteiger partial charge in [0.15, 0.2) is 16.5 Å². The number of hydrogen-bond acceptors (Lipinski definition) is 2. The summed E-state index contributed by atoms with van der Waals surface area (Å²) in [6.45, 7) is 14.3. The van der Waals surface area contributed by atoms with Crippen molar-refractivity contribution in [3.05, 3.63) is 162 Å². The monoisotopic (exact) mass is 646 g/mol. The summed E-state index contributed by atoms with van der Waals surface area (Å²) in [6.07, 6.45) is 2.49. The minimum Gasteiger partial charge on any atom is -0.325 e. The van der Waals surface area contributed by atoms with Crippen molar-refractivity contribution in [2.24, 2.45) is 8.82 Å². The molecule has 5 aromatic carbocycles. The van der Waals surface area contributed by atoms with Crippen LogP contribution in [0.25, 0.3) is 6.08 Å². The van der Waals surface area contributed by atoms with Crippen LogP contribution in [0.5, 0.6) is 0 Å². The highest BCUT2D eigenvalue weighted by atomic mass is 31.2. The van der Waals surface area contributed by atoms with Gasteiger partial charge in [-0.15, -0.1) is 0 Å². The fourth-order valence-corrected chi connectivity index (χ4v) is 24.2. The molecular formula is C38H44N2P2Si2. The molecule has 2 nitrogen and oxygen atoms in total. The number of rotatable bonds is 9. The zero-order chi connectivity index (χ0) is 31.3. The van der Waals surface area contributed by atoms with Crippen LogP contribution in [0, 0.1) is 0 Å². The minimum atomic E-state index is -2.61. The second kappa shape index (κ2) is 13.4. The highest BCUT2D eigenvalue weighted by molar-refractivity contribution is 8.03. The molecule has 5 aromatic rings. The lowest BCUT2D eigenvalue weighted by Gasteiger charge is -2.41. The minimum absolute atomic E-state index is 1.19. The lowest BCUT2D eigenvalue weighted by molar-refractivity contribution is 1.57. The van der Waals surface area contributed by atoms with E-state index < -0.39 is 30.6 Å². The van der Waals surface area contributed by atoms with Crippen LogP contribution in [0.4, 0.5) is 0 Å². The van der Waals surface area contributed by atoms with E-state index in [1.54, 1.807) is 0 Å². The maximum absolute atomic E-state index is 6.19. The molecule has 224 valence electrons. The van der Waals surface area contributed by atoms with Crippen LogP contribution >= 0.6 is 14.1 Å². The predicted molar refractivity (Wildman–Crippen MR) is 204 cm³/mol. The van der Waals surface area contributed by atoms with Crippen LogP contribution in [0.3, 0.4) is 0 Å². The maximum atomic E-state index is 6.19. The van der Waals surface area contributed by atoms with E-state index in [0.717, 1.165) is 0 Å². The Morgan fingerprint density at radius 3 is 0.909 bits per heavy atom. The van der Waals surface area contributed by atoms with Crippen molar-refractivity contribution in [2.75, 3.05) is 0 Å². The van der Waals surface area contributed by atoms with Gasteiger partial charge in [-0.1, -0.05) is 191 Å². The summed E-state index contributed by atoms with van der Waals surface area (Å²) in [4.78, 5) is 0. The fraction of sp³-hybridized carbons (Fsp3) is 0.158. The summed E-state index contributed by atoms with van der Waals surface area (Å²) in [5.41, 5.74) is 1.19. The van der Waals surface area contributed by atoms with E-state index in [1.807, 2.05) is 0 Å². The Morgan fingerprint density at radius 2 is 0.659 bits per heavy atom. The van der Waals surface area contributed by atoms with E-state index in [-0.39, 0.29) is 0 Å². The average Bonchev–Trinajstić information content (AvgIpc) is 3.03. The first kappa shape index (κ1) is 32.1. The lowest BCUT2D eigenvalue weighted by atomic mass is 10.2. The van der Waals surface area contributed by atoms with Gasteiger partial charge in [-0.05, 0) is 32.9 Å². The molecule has 0 aliphatic heterocycles. The molecule has 0 unspecified atom stereocenters. The summed E-state index contributed by atoms with van der Waals surface area (Å²) in [6, 6.07) is 55.4. The van der Waals surface area contributed by atoms with Crippen LogP contribution in [0.15, 0.2) is 166 Å². The molecule has 0 radical (unpaired) electrons. The summed E-state index contributed by atoms with van der Waals surface area (Å²) < 4.78 is 12.4. The zero-order valence-corrected chi connectivity index (χ0v) is 30.6. The summed E-state index contributed by atoms with van der Waals surface area (Å²) in [5, 5.41) is 6.53. The number of hydrogen-bond donors (Lipinski definition) is 0. The highest BCUT2D eigenvalue weighted by Crippen LogP contribution is 2.74. The quantitative estimate of drug-likeness (QED) is 0.112. The van der Waals surface area contributed by atoms with Gasteiger partial charge in [-0.2, -0.15) is 0 Å². The van der Waals surface area contributed by atoms with Gasteiger partial charge in [0.2, 0.25) is 0 Å². The van der Waals surface area contributed by atoms with E-state index in [0.29, 0.717) is 0 Å². The third kappa shape index (κ3) is 7.00. The van der Waals surface area contributed by atoms with Crippen molar-refractivity contribution in [3.63, 3.8) is 0 Å². The normalized spacial score (nSPS) is 12.3. The summed E-state index contributed by atoms with van der Waals surface area (Å²) >= 11 is 0. The van der Waals surface area contributed by atoms with Crippen LogP contribution in [0.2, 0.25) is 39.3 Å². The molecule has 0 saturated carbocycles. The van der Waals surface area contributed by atoms with Gasteiger partial charge < -0.3 is 8.82 Å². The van der Waals surface area contributed by atoms with Gasteiger partial charge in [0.25, 0.3) is 0 Å². The number of benzene rings is 5. The summed E-state index contributed by atoms with van der Waals surface area (Å²) in [5.74, 6) is 0. The Kier molecular flexibility index (Phi) is 9.78. The molecule has 0 bridgehead atoms. The number of nitrogens with zero attached hydrogens (tertiary/aromatic N) is 2. The third-order valence-corrected chi connectivity index (χ3v) is 21.9. The van der Waals surface area contributed by atoms with Crippen LogP contribution in [-0.2, 0) is 0 Å². The van der Waals surface area contributed by atoms with Gasteiger partial charge in [-0.25, -0.2) is 0 Å². The van der Waals surface area contributed by atoms with Crippen molar-refractivity contribution in [1.82, 2.24) is 0 Å². The van der Waals surface area contributed by atoms with Gasteiger partial charge in [0.1, 0.15) is 0 Å². The van der Waals surface area contributed by atoms with E-state index in [2.05, 4.69) is 197 Å². The topological polar surface area (TPSA) is 24.7 Å². The molecule has 0 aliphatic rings. The molecule has 44 heavy (non-hydrogen) atoms. The molecule has 6 heteroatoms. The molecule has 0 atom stereocenters. The molecule has 0 saturated heterocycles. The van der Waals surface area contributed by atoms with Crippen LogP contribution in [-0.4, -0.2) is 16.5 Å². The summed E-state index contributed by atoms with van der Waals surface area (Å²) in [7, 11) is -9.33. The zero-order valence-electron chi connectivity index (χ0n) is 26.8. The Morgan fingerprint density at radius 1 is 0.409 bits per heavy atom.